The maximum absolute atomic E-state index is 11.0. The van der Waals surface area contributed by atoms with Gasteiger partial charge in [0.05, 0.1) is 18.7 Å². The highest BCUT2D eigenvalue weighted by Crippen LogP contribution is 2.07. The Morgan fingerprint density at radius 2 is 1.56 bits per heavy atom. The van der Waals surface area contributed by atoms with E-state index in [4.69, 9.17) is 0 Å². The van der Waals surface area contributed by atoms with Crippen LogP contribution in [-0.4, -0.2) is 31.1 Å². The molecule has 0 amide bonds. The van der Waals surface area contributed by atoms with Crippen molar-refractivity contribution in [3.05, 3.63) is 62.2 Å². The van der Waals surface area contributed by atoms with E-state index in [2.05, 4.69) is 46.3 Å². The Hall–Kier alpha value is -2.00. The largest absolute Gasteiger partial charge is 0.618 e. The Balaban J connectivity index is 0. The zero-order valence-electron chi connectivity index (χ0n) is 12.2. The number of halogens is 2. The highest BCUT2D eigenvalue weighted by atomic mass is 79.9. The second-order valence-corrected chi connectivity index (χ2v) is 5.73. The van der Waals surface area contributed by atoms with Crippen LogP contribution in [-0.2, 0) is 9.47 Å². The number of ether oxygens (including phenoxy) is 2. The summed E-state index contributed by atoms with van der Waals surface area (Å²) in [4.78, 5) is 25.5. The average molecular weight is 480 g/mol. The molecule has 0 aromatic carbocycles. The second kappa shape index (κ2) is 12.4. The molecule has 2 heterocycles. The van der Waals surface area contributed by atoms with Crippen LogP contribution in [0.15, 0.2) is 45.6 Å². The summed E-state index contributed by atoms with van der Waals surface area (Å²) in [5, 5.41) is 11.0. The number of aromatic nitrogens is 2. The maximum atomic E-state index is 11.0. The number of rotatable bonds is 2. The second-order valence-electron chi connectivity index (χ2n) is 3.90. The zero-order chi connectivity index (χ0) is 17.4. The Labute approximate surface area is 163 Å². The van der Waals surface area contributed by atoms with Gasteiger partial charge >= 0.3 is 17.6 Å². The van der Waals surface area contributed by atoms with Gasteiger partial charge in [0.1, 0.15) is 5.69 Å². The third-order valence-corrected chi connectivity index (χ3v) is 3.33. The molecule has 0 fully saturated rings. The minimum atomic E-state index is -0.641. The van der Waals surface area contributed by atoms with Crippen LogP contribution in [0.5, 0.6) is 0 Å². The van der Waals surface area contributed by atoms with E-state index in [-0.39, 0.29) is 20.5 Å². The van der Waals surface area contributed by atoms with Crippen LogP contribution >= 0.6 is 31.9 Å². The molecule has 0 saturated heterocycles. The summed E-state index contributed by atoms with van der Waals surface area (Å²) in [6.07, 6.45) is 2.79. The summed E-state index contributed by atoms with van der Waals surface area (Å²) in [6, 6.07) is 6.32. The van der Waals surface area contributed by atoms with Crippen LogP contribution in [0.2, 0.25) is 0 Å². The molecule has 0 aliphatic heterocycles. The first-order valence-electron chi connectivity index (χ1n) is 6.06. The van der Waals surface area contributed by atoms with Gasteiger partial charge in [-0.15, -0.1) is 0 Å². The highest BCUT2D eigenvalue weighted by Gasteiger charge is 2.15. The fraction of sp³-hybridized carbons (Fsp3) is 0.250. The average Bonchev–Trinajstić information content (AvgIpc) is 2.55. The molecule has 0 aliphatic carbocycles. The van der Waals surface area contributed by atoms with Crippen LogP contribution in [0, 0.1) is 5.21 Å². The molecule has 0 saturated carbocycles. The van der Waals surface area contributed by atoms with Crippen molar-refractivity contribution >= 4 is 43.8 Å². The smallest absolute Gasteiger partial charge is 0.404 e. The van der Waals surface area contributed by atoms with Crippen molar-refractivity contribution in [1.82, 2.24) is 4.98 Å². The molecule has 25 heavy (non-hydrogen) atoms. The topological polar surface area (TPSA) is 92.4 Å². The number of esters is 2. The van der Waals surface area contributed by atoms with Gasteiger partial charge < -0.3 is 14.7 Å². The molecule has 7 nitrogen and oxygen atoms in total. The van der Waals surface area contributed by atoms with E-state index >= 15 is 0 Å². The summed E-state index contributed by atoms with van der Waals surface area (Å²) in [6.45, 7) is 0. The van der Waals surface area contributed by atoms with Gasteiger partial charge in [-0.25, -0.2) is 14.6 Å². The SMILES string of the molecule is C.C.COC(=O)c1ccc(Br)c[n+]1[O-].COC(=O)c1ccc(Br)cn1. The van der Waals surface area contributed by atoms with E-state index in [0.29, 0.717) is 14.9 Å². The van der Waals surface area contributed by atoms with Crippen LogP contribution < -0.4 is 4.73 Å². The van der Waals surface area contributed by atoms with Gasteiger partial charge in [0.15, 0.2) is 6.20 Å². The molecule has 0 radical (unpaired) electrons. The van der Waals surface area contributed by atoms with Crippen molar-refractivity contribution in [2.24, 2.45) is 0 Å². The van der Waals surface area contributed by atoms with Crippen molar-refractivity contribution in [3.63, 3.8) is 0 Å². The van der Waals surface area contributed by atoms with Gasteiger partial charge in [-0.2, -0.15) is 4.73 Å². The third-order valence-electron chi connectivity index (χ3n) is 2.39. The van der Waals surface area contributed by atoms with E-state index in [1.54, 1.807) is 24.4 Å². The van der Waals surface area contributed by atoms with Crippen LogP contribution in [0.25, 0.3) is 0 Å². The van der Waals surface area contributed by atoms with Crippen molar-refractivity contribution in [2.75, 3.05) is 14.2 Å². The fourth-order valence-electron chi connectivity index (χ4n) is 1.32. The van der Waals surface area contributed by atoms with Gasteiger partial charge in [0, 0.05) is 16.7 Å². The Morgan fingerprint density at radius 3 is 2.00 bits per heavy atom. The van der Waals surface area contributed by atoms with Crippen molar-refractivity contribution in [2.45, 2.75) is 14.9 Å². The molecule has 2 aromatic rings. The molecule has 0 aliphatic rings. The molecule has 138 valence electrons. The lowest BCUT2D eigenvalue weighted by Gasteiger charge is -2.01. The Bertz CT molecular complexity index is 693. The van der Waals surface area contributed by atoms with Crippen LogP contribution in [0.4, 0.5) is 0 Å². The molecule has 0 unspecified atom stereocenters. The van der Waals surface area contributed by atoms with Gasteiger partial charge in [0.25, 0.3) is 0 Å². The van der Waals surface area contributed by atoms with Crippen molar-refractivity contribution in [3.8, 4) is 0 Å². The number of pyridine rings is 2. The Morgan fingerprint density at radius 1 is 1.00 bits per heavy atom. The molecule has 0 N–H and O–H groups in total. The normalized spacial score (nSPS) is 8.64. The molecule has 9 heteroatoms. The number of carbonyl (C=O) groups is 2. The van der Waals surface area contributed by atoms with Gasteiger partial charge in [-0.1, -0.05) is 14.9 Å². The standard InChI is InChI=1S/C7H6BrNO3.C7H6BrNO2.2CH4/c1-12-7(10)6-3-2-5(8)4-9(6)11;1-11-7(10)6-3-2-5(8)4-9-6;;/h2-4H,1H3;2-4H,1H3;2*1H4. The summed E-state index contributed by atoms with van der Waals surface area (Å²) < 4.78 is 10.7. The van der Waals surface area contributed by atoms with Gasteiger partial charge in [0.2, 0.25) is 0 Å². The molecular formula is C16H20Br2N2O5. The van der Waals surface area contributed by atoms with E-state index in [9.17, 15) is 14.8 Å². The summed E-state index contributed by atoms with van der Waals surface area (Å²) in [5.41, 5.74) is 0.288. The number of nitrogens with zero attached hydrogens (tertiary/aromatic N) is 2. The maximum Gasteiger partial charge on any atom is 0.404 e. The first-order valence-corrected chi connectivity index (χ1v) is 7.64. The summed E-state index contributed by atoms with van der Waals surface area (Å²) in [7, 11) is 2.55. The number of carbonyl (C=O) groups excluding carboxylic acids is 2. The first-order chi connectivity index (χ1) is 10.9. The quantitative estimate of drug-likeness (QED) is 0.369. The monoisotopic (exact) mass is 478 g/mol. The molecule has 0 bridgehead atoms. The number of methoxy groups -OCH3 is 2. The number of hydrogen-bond acceptors (Lipinski definition) is 6. The molecule has 0 atom stereocenters. The predicted octanol–water partition coefficient (Wildman–Crippen LogP) is 3.77. The summed E-state index contributed by atoms with van der Waals surface area (Å²) in [5.74, 6) is -1.06. The van der Waals surface area contributed by atoms with E-state index in [1.165, 1.54) is 26.5 Å². The van der Waals surface area contributed by atoms with E-state index < -0.39 is 11.9 Å². The molecule has 2 aromatic heterocycles. The minimum absolute atomic E-state index is 0. The van der Waals surface area contributed by atoms with Crippen molar-refractivity contribution < 1.29 is 23.8 Å². The molecular weight excluding hydrogens is 460 g/mol. The first kappa shape index (κ1) is 25.2. The number of hydrogen-bond donors (Lipinski definition) is 0. The lowest BCUT2D eigenvalue weighted by atomic mass is 10.3. The minimum Gasteiger partial charge on any atom is -0.618 e. The van der Waals surface area contributed by atoms with Gasteiger partial charge in [-0.3, -0.25) is 0 Å². The zero-order valence-corrected chi connectivity index (χ0v) is 15.3. The van der Waals surface area contributed by atoms with Crippen LogP contribution in [0.1, 0.15) is 35.8 Å². The summed E-state index contributed by atoms with van der Waals surface area (Å²) >= 11 is 6.30. The molecule has 0 spiro atoms. The van der Waals surface area contributed by atoms with E-state index in [1.807, 2.05) is 0 Å². The van der Waals surface area contributed by atoms with E-state index in [0.717, 1.165) is 4.47 Å². The van der Waals surface area contributed by atoms with Crippen LogP contribution in [0.3, 0.4) is 0 Å². The third kappa shape index (κ3) is 8.08. The Kier molecular flexibility index (Phi) is 12.5. The highest BCUT2D eigenvalue weighted by molar-refractivity contribution is 9.10. The predicted molar refractivity (Wildman–Crippen MR) is 101 cm³/mol. The fourth-order valence-corrected chi connectivity index (χ4v) is 1.87. The lowest BCUT2D eigenvalue weighted by Crippen LogP contribution is -2.34. The van der Waals surface area contributed by atoms with Crippen molar-refractivity contribution in [1.29, 1.82) is 0 Å². The van der Waals surface area contributed by atoms with Gasteiger partial charge in [-0.05, 0) is 50.1 Å². The molecule has 2 rings (SSSR count). The lowest BCUT2D eigenvalue weighted by molar-refractivity contribution is -0.609.